The summed E-state index contributed by atoms with van der Waals surface area (Å²) in [5.74, 6) is -0.271. The van der Waals surface area contributed by atoms with E-state index in [0.29, 0.717) is 46.4 Å². The lowest BCUT2D eigenvalue weighted by molar-refractivity contribution is -0.137. The van der Waals surface area contributed by atoms with Crippen molar-refractivity contribution < 1.29 is 18.0 Å². The molecule has 184 valence electrons. The Kier molecular flexibility index (Phi) is 7.56. The zero-order chi connectivity index (χ0) is 24.3. The first-order valence-corrected chi connectivity index (χ1v) is 12.1. The Morgan fingerprint density at radius 2 is 1.88 bits per heavy atom. The fourth-order valence-corrected chi connectivity index (χ4v) is 5.30. The largest absolute Gasteiger partial charge is 0.416 e. The van der Waals surface area contributed by atoms with Gasteiger partial charge in [-0.15, -0.1) is 0 Å². The lowest BCUT2D eigenvalue weighted by atomic mass is 10.0. The molecule has 0 aliphatic carbocycles. The van der Waals surface area contributed by atoms with Gasteiger partial charge in [-0.05, 0) is 43.2 Å². The van der Waals surface area contributed by atoms with Gasteiger partial charge in [0.15, 0.2) is 0 Å². The number of amides is 1. The van der Waals surface area contributed by atoms with E-state index in [9.17, 15) is 18.0 Å². The molecule has 2 aliphatic rings. The number of likely N-dealkylation sites (tertiary alicyclic amines) is 1. The first-order chi connectivity index (χ1) is 16.3. The van der Waals surface area contributed by atoms with E-state index in [1.807, 2.05) is 0 Å². The third-order valence-corrected chi connectivity index (χ3v) is 7.07. The molecule has 0 radical (unpaired) electrons. The third kappa shape index (κ3) is 5.60. The zero-order valence-corrected chi connectivity index (χ0v) is 19.5. The van der Waals surface area contributed by atoms with Gasteiger partial charge in [-0.3, -0.25) is 4.79 Å². The zero-order valence-electron chi connectivity index (χ0n) is 18.7. The number of hydrogen-bond acceptors (Lipinski definition) is 7. The molecular weight excluding hydrogens is 465 g/mol. The fourth-order valence-electron chi connectivity index (χ4n) is 4.20. The van der Waals surface area contributed by atoms with Gasteiger partial charge >= 0.3 is 6.18 Å². The number of anilines is 3. The van der Waals surface area contributed by atoms with E-state index in [2.05, 4.69) is 20.9 Å². The first kappa shape index (κ1) is 24.6. The maximum atomic E-state index is 13.7. The molecule has 7 N–H and O–H groups in total. The molecule has 0 unspecified atom stereocenters. The minimum absolute atomic E-state index is 0.0726. The van der Waals surface area contributed by atoms with Crippen LogP contribution in [0.5, 0.6) is 0 Å². The second-order valence-electron chi connectivity index (χ2n) is 8.43. The number of hydrogen-bond donors (Lipinski definition) is 5. The van der Waals surface area contributed by atoms with Crippen molar-refractivity contribution in [3.05, 3.63) is 41.5 Å². The molecule has 4 rings (SSSR count). The summed E-state index contributed by atoms with van der Waals surface area (Å²) in [7, 11) is 0. The highest BCUT2D eigenvalue weighted by molar-refractivity contribution is 7.99. The summed E-state index contributed by atoms with van der Waals surface area (Å²) in [4.78, 5) is 15.7. The Bertz CT molecular complexity index is 1040. The minimum atomic E-state index is -4.47. The number of nitrogens with two attached hydrogens (primary N) is 2. The molecule has 2 aromatic carbocycles. The Balaban J connectivity index is 1.60. The van der Waals surface area contributed by atoms with Crippen LogP contribution in [0.15, 0.2) is 40.1 Å². The summed E-state index contributed by atoms with van der Waals surface area (Å²) in [6.45, 7) is 3.80. The van der Waals surface area contributed by atoms with E-state index in [0.717, 1.165) is 44.2 Å². The van der Waals surface area contributed by atoms with Crippen molar-refractivity contribution >= 4 is 34.7 Å². The second kappa shape index (κ2) is 10.4. The Morgan fingerprint density at radius 3 is 2.56 bits per heavy atom. The van der Waals surface area contributed by atoms with Crippen LogP contribution < -0.4 is 27.4 Å². The number of rotatable bonds is 7. The number of benzene rings is 2. The number of piperidine rings is 1. The molecule has 34 heavy (non-hydrogen) atoms. The second-order valence-corrected chi connectivity index (χ2v) is 9.51. The molecule has 0 bridgehead atoms. The fraction of sp³-hybridized carbons (Fsp3) is 0.435. The third-order valence-electron chi connectivity index (χ3n) is 5.98. The van der Waals surface area contributed by atoms with Gasteiger partial charge in [-0.1, -0.05) is 11.8 Å². The number of carbonyl (C=O) groups is 1. The van der Waals surface area contributed by atoms with Crippen molar-refractivity contribution in [3.8, 4) is 0 Å². The average molecular weight is 495 g/mol. The average Bonchev–Trinajstić information content (AvgIpc) is 2.81. The van der Waals surface area contributed by atoms with E-state index in [1.54, 1.807) is 18.2 Å². The summed E-state index contributed by atoms with van der Waals surface area (Å²) in [6.07, 6.45) is -2.81. The Hall–Kier alpha value is -2.47. The summed E-state index contributed by atoms with van der Waals surface area (Å²) >= 11 is 1.22. The number of carbonyl (C=O) groups excluding carboxylic acids is 1. The smallest absolute Gasteiger partial charge is 0.380 e. The summed E-state index contributed by atoms with van der Waals surface area (Å²) in [5, 5.41) is 9.35. The molecule has 2 aromatic rings. The van der Waals surface area contributed by atoms with Gasteiger partial charge in [0.25, 0.3) is 5.91 Å². The van der Waals surface area contributed by atoms with Crippen molar-refractivity contribution in [2.75, 3.05) is 49.9 Å². The van der Waals surface area contributed by atoms with Gasteiger partial charge in [0.05, 0.1) is 22.6 Å². The van der Waals surface area contributed by atoms with Gasteiger partial charge in [0.2, 0.25) is 0 Å². The maximum absolute atomic E-state index is 13.7. The lowest BCUT2D eigenvalue weighted by Crippen LogP contribution is -2.41. The van der Waals surface area contributed by atoms with Crippen LogP contribution in [0.3, 0.4) is 0 Å². The van der Waals surface area contributed by atoms with E-state index in [4.69, 9.17) is 11.5 Å². The number of nitrogens with one attached hydrogen (secondary N) is 3. The van der Waals surface area contributed by atoms with Crippen LogP contribution in [0.2, 0.25) is 0 Å². The van der Waals surface area contributed by atoms with Crippen LogP contribution in [0, 0.1) is 0 Å². The monoisotopic (exact) mass is 494 g/mol. The van der Waals surface area contributed by atoms with Crippen molar-refractivity contribution in [2.24, 2.45) is 11.5 Å². The standard InChI is InChI=1S/C23H29F3N6OS/c24-23(25,26)15-12-18(30-16-3-8-32(9-4-16)10-6-28)21-20(13-15)34-19-11-14(1-2-17(19)31-21)22(33)29-7-5-27/h1-2,11-13,16,30-31H,3-10,27-28H2,(H,29,33). The number of nitrogens with zero attached hydrogens (tertiary/aromatic N) is 1. The van der Waals surface area contributed by atoms with Gasteiger partial charge in [-0.2, -0.15) is 13.2 Å². The van der Waals surface area contributed by atoms with E-state index in [-0.39, 0.29) is 11.9 Å². The molecule has 7 nitrogen and oxygen atoms in total. The molecule has 1 amide bonds. The molecule has 2 heterocycles. The van der Waals surface area contributed by atoms with E-state index >= 15 is 0 Å². The highest BCUT2D eigenvalue weighted by Gasteiger charge is 2.34. The molecule has 0 atom stereocenters. The van der Waals surface area contributed by atoms with Crippen molar-refractivity contribution in [2.45, 2.75) is 34.9 Å². The molecule has 0 saturated carbocycles. The summed E-state index contributed by atoms with van der Waals surface area (Å²) in [6, 6.07) is 7.55. The highest BCUT2D eigenvalue weighted by atomic mass is 32.2. The molecule has 1 fully saturated rings. The van der Waals surface area contributed by atoms with Crippen LogP contribution in [-0.4, -0.2) is 56.1 Å². The SMILES string of the molecule is NCCNC(=O)c1ccc2c(c1)Sc1cc(C(F)(F)F)cc(NC3CCN(CCN)CC3)c1N2. The van der Waals surface area contributed by atoms with E-state index < -0.39 is 11.7 Å². The number of alkyl halides is 3. The van der Waals surface area contributed by atoms with Gasteiger partial charge < -0.3 is 32.3 Å². The number of halogens is 3. The molecule has 1 saturated heterocycles. The van der Waals surface area contributed by atoms with Crippen molar-refractivity contribution in [3.63, 3.8) is 0 Å². The van der Waals surface area contributed by atoms with Gasteiger partial charge in [0, 0.05) is 60.7 Å². The van der Waals surface area contributed by atoms with Crippen molar-refractivity contribution in [1.82, 2.24) is 10.2 Å². The summed E-state index contributed by atoms with van der Waals surface area (Å²) < 4.78 is 41.1. The lowest BCUT2D eigenvalue weighted by Gasteiger charge is -2.34. The van der Waals surface area contributed by atoms with Gasteiger partial charge in [0.1, 0.15) is 0 Å². The van der Waals surface area contributed by atoms with Crippen LogP contribution in [-0.2, 0) is 6.18 Å². The predicted molar refractivity (Wildman–Crippen MR) is 129 cm³/mol. The summed E-state index contributed by atoms with van der Waals surface area (Å²) in [5.41, 5.74) is 12.6. The highest BCUT2D eigenvalue weighted by Crippen LogP contribution is 2.50. The Morgan fingerprint density at radius 1 is 1.12 bits per heavy atom. The first-order valence-electron chi connectivity index (χ1n) is 11.3. The van der Waals surface area contributed by atoms with Crippen LogP contribution in [0.25, 0.3) is 0 Å². The van der Waals surface area contributed by atoms with Crippen LogP contribution >= 0.6 is 11.8 Å². The molecular formula is C23H29F3N6OS. The Labute approximate surface area is 200 Å². The minimum Gasteiger partial charge on any atom is -0.380 e. The molecule has 0 spiro atoms. The van der Waals surface area contributed by atoms with Crippen molar-refractivity contribution in [1.29, 1.82) is 0 Å². The quantitative estimate of drug-likeness (QED) is 0.342. The van der Waals surface area contributed by atoms with Gasteiger partial charge in [-0.25, -0.2) is 0 Å². The predicted octanol–water partition coefficient (Wildman–Crippen LogP) is 3.44. The molecule has 0 aromatic heterocycles. The maximum Gasteiger partial charge on any atom is 0.416 e. The van der Waals surface area contributed by atoms with Crippen LogP contribution in [0.1, 0.15) is 28.8 Å². The van der Waals surface area contributed by atoms with E-state index in [1.165, 1.54) is 17.8 Å². The molecule has 11 heteroatoms. The normalized spacial score (nSPS) is 16.4. The van der Waals surface area contributed by atoms with Crippen LogP contribution in [0.4, 0.5) is 30.2 Å². The topological polar surface area (TPSA) is 108 Å². The number of fused-ring (bicyclic) bond motifs is 2. The molecule has 2 aliphatic heterocycles.